The Morgan fingerprint density at radius 1 is 1.09 bits per heavy atom. The molecule has 1 unspecified atom stereocenters. The fraction of sp³-hybridized carbons (Fsp3) is 0.393. The molecular formula is C28H32FN3O. The van der Waals surface area contributed by atoms with Crippen molar-refractivity contribution in [2.45, 2.75) is 52.2 Å². The van der Waals surface area contributed by atoms with Gasteiger partial charge in [0.1, 0.15) is 5.82 Å². The summed E-state index contributed by atoms with van der Waals surface area (Å²) >= 11 is 0. The van der Waals surface area contributed by atoms with Crippen LogP contribution in [0.5, 0.6) is 0 Å². The normalized spacial score (nSPS) is 21.6. The van der Waals surface area contributed by atoms with Gasteiger partial charge in [-0.05, 0) is 98.1 Å². The lowest BCUT2D eigenvalue weighted by Crippen LogP contribution is -2.28. The van der Waals surface area contributed by atoms with E-state index in [1.165, 1.54) is 36.1 Å². The molecule has 1 saturated heterocycles. The molecule has 0 spiro atoms. The summed E-state index contributed by atoms with van der Waals surface area (Å²) in [6, 6.07) is 14.8. The number of halogens is 1. The third-order valence-corrected chi connectivity index (χ3v) is 7.49. The van der Waals surface area contributed by atoms with Crippen molar-refractivity contribution in [2.24, 2.45) is 5.41 Å². The van der Waals surface area contributed by atoms with E-state index in [4.69, 9.17) is 0 Å². The molecule has 2 heterocycles. The number of allylic oxidation sites excluding steroid dienone is 1. The van der Waals surface area contributed by atoms with Gasteiger partial charge >= 0.3 is 0 Å². The van der Waals surface area contributed by atoms with E-state index >= 15 is 0 Å². The van der Waals surface area contributed by atoms with Crippen LogP contribution >= 0.6 is 0 Å². The molecule has 1 fully saturated rings. The van der Waals surface area contributed by atoms with Crippen molar-refractivity contribution in [1.82, 2.24) is 14.7 Å². The first-order chi connectivity index (χ1) is 15.9. The Labute approximate surface area is 195 Å². The topological polar surface area (TPSA) is 41.3 Å². The number of hydrogen-bond acceptors (Lipinski definition) is 3. The monoisotopic (exact) mass is 445 g/mol. The minimum Gasteiger partial charge on any atom is -0.388 e. The zero-order valence-corrected chi connectivity index (χ0v) is 19.5. The first-order valence-corrected chi connectivity index (χ1v) is 11.9. The molecule has 0 radical (unpaired) electrons. The average Bonchev–Trinajstić information content (AvgIpc) is 3.45. The van der Waals surface area contributed by atoms with Gasteiger partial charge in [0.25, 0.3) is 0 Å². The van der Waals surface area contributed by atoms with Crippen LogP contribution in [0.1, 0.15) is 61.6 Å². The number of aromatic nitrogens is 2. The van der Waals surface area contributed by atoms with Gasteiger partial charge < -0.3 is 5.11 Å². The highest BCUT2D eigenvalue weighted by Gasteiger charge is 2.35. The smallest absolute Gasteiger partial charge is 0.123 e. The van der Waals surface area contributed by atoms with Crippen LogP contribution in [-0.4, -0.2) is 32.9 Å². The number of rotatable bonds is 6. The van der Waals surface area contributed by atoms with Crippen molar-refractivity contribution in [2.75, 3.05) is 13.1 Å². The molecular weight excluding hydrogens is 413 g/mol. The van der Waals surface area contributed by atoms with Gasteiger partial charge in [-0.1, -0.05) is 36.8 Å². The number of hydrogen-bond donors (Lipinski definition) is 1. The van der Waals surface area contributed by atoms with Crippen molar-refractivity contribution >= 4 is 6.08 Å². The van der Waals surface area contributed by atoms with Gasteiger partial charge in [-0.3, -0.25) is 4.90 Å². The summed E-state index contributed by atoms with van der Waals surface area (Å²) in [5.74, 6) is -0.252. The molecule has 33 heavy (non-hydrogen) atoms. The first-order valence-electron chi connectivity index (χ1n) is 11.9. The summed E-state index contributed by atoms with van der Waals surface area (Å²) in [7, 11) is 0. The maximum absolute atomic E-state index is 13.4. The quantitative estimate of drug-likeness (QED) is 0.529. The molecule has 1 aromatic heterocycles. The lowest BCUT2D eigenvalue weighted by molar-refractivity contribution is 0.119. The van der Waals surface area contributed by atoms with E-state index in [0.29, 0.717) is 6.42 Å². The second kappa shape index (κ2) is 8.88. The number of benzene rings is 2. The summed E-state index contributed by atoms with van der Waals surface area (Å²) in [6.45, 7) is 7.58. The van der Waals surface area contributed by atoms with Crippen LogP contribution in [0.4, 0.5) is 4.39 Å². The molecule has 172 valence electrons. The van der Waals surface area contributed by atoms with Crippen molar-refractivity contribution in [1.29, 1.82) is 0 Å². The number of nitrogens with zero attached hydrogens (tertiary/aromatic N) is 3. The summed E-state index contributed by atoms with van der Waals surface area (Å²) in [6.07, 6.45) is 7.57. The van der Waals surface area contributed by atoms with Crippen LogP contribution in [0.2, 0.25) is 0 Å². The third-order valence-electron chi connectivity index (χ3n) is 7.49. The number of likely N-dealkylation sites (tertiary alicyclic amines) is 1. The van der Waals surface area contributed by atoms with Crippen LogP contribution in [0.3, 0.4) is 0 Å². The van der Waals surface area contributed by atoms with Gasteiger partial charge in [-0.2, -0.15) is 5.10 Å². The van der Waals surface area contributed by atoms with E-state index in [0.717, 1.165) is 48.6 Å². The van der Waals surface area contributed by atoms with E-state index in [9.17, 15) is 9.50 Å². The maximum atomic E-state index is 13.4. The first kappa shape index (κ1) is 22.1. The highest BCUT2D eigenvalue weighted by molar-refractivity contribution is 5.60. The summed E-state index contributed by atoms with van der Waals surface area (Å²) in [5, 5.41) is 16.0. The lowest BCUT2D eigenvalue weighted by Gasteiger charge is -2.36. The van der Waals surface area contributed by atoms with E-state index < -0.39 is 6.10 Å². The standard InChI is InChI=1S/C28H32FN3O/c1-20-15-26-22(18-30-32(26)24-11-9-23(29)10-12-24)16-28(20,2)17-27(33)25-8-4-3-7-21(25)19-31-13-5-6-14-31/h3-4,7-12,15,18,27,33H,5-6,13-14,16-17,19H2,1-2H3/t27?,28-/m0/s1. The molecule has 0 saturated carbocycles. The van der Waals surface area contributed by atoms with Crippen molar-refractivity contribution < 1.29 is 9.50 Å². The van der Waals surface area contributed by atoms with Gasteiger partial charge in [0.15, 0.2) is 0 Å². The Morgan fingerprint density at radius 2 is 1.82 bits per heavy atom. The molecule has 1 aliphatic heterocycles. The highest BCUT2D eigenvalue weighted by atomic mass is 19.1. The lowest BCUT2D eigenvalue weighted by atomic mass is 9.69. The average molecular weight is 446 g/mol. The Hall–Kier alpha value is -2.76. The van der Waals surface area contributed by atoms with Crippen molar-refractivity contribution in [3.8, 4) is 5.69 Å². The summed E-state index contributed by atoms with van der Waals surface area (Å²) in [5.41, 5.74) is 6.40. The molecule has 2 aliphatic rings. The number of fused-ring (bicyclic) bond motifs is 1. The molecule has 2 aromatic carbocycles. The molecule has 5 rings (SSSR count). The molecule has 4 nitrogen and oxygen atoms in total. The van der Waals surface area contributed by atoms with Gasteiger partial charge in [-0.15, -0.1) is 0 Å². The van der Waals surface area contributed by atoms with E-state index in [1.54, 1.807) is 12.1 Å². The fourth-order valence-electron chi connectivity index (χ4n) is 5.36. The zero-order chi connectivity index (χ0) is 23.0. The number of aliphatic hydroxyl groups excluding tert-OH is 1. The molecule has 0 bridgehead atoms. The summed E-state index contributed by atoms with van der Waals surface area (Å²) < 4.78 is 15.2. The predicted molar refractivity (Wildman–Crippen MR) is 130 cm³/mol. The van der Waals surface area contributed by atoms with Crippen LogP contribution in [0.15, 0.2) is 60.3 Å². The van der Waals surface area contributed by atoms with Crippen LogP contribution in [0.25, 0.3) is 11.8 Å². The molecule has 1 aliphatic carbocycles. The predicted octanol–water partition coefficient (Wildman–Crippen LogP) is 5.70. The van der Waals surface area contributed by atoms with Crippen molar-refractivity contribution in [3.05, 3.63) is 88.5 Å². The van der Waals surface area contributed by atoms with Crippen molar-refractivity contribution in [3.63, 3.8) is 0 Å². The van der Waals surface area contributed by atoms with E-state index in [2.05, 4.69) is 48.1 Å². The number of aliphatic hydroxyl groups is 1. The largest absolute Gasteiger partial charge is 0.388 e. The molecule has 2 atom stereocenters. The second-order valence-electron chi connectivity index (χ2n) is 9.91. The van der Waals surface area contributed by atoms with Gasteiger partial charge in [0.2, 0.25) is 0 Å². The zero-order valence-electron chi connectivity index (χ0n) is 19.5. The minimum atomic E-state index is -0.522. The summed E-state index contributed by atoms with van der Waals surface area (Å²) in [4.78, 5) is 2.48. The third kappa shape index (κ3) is 4.40. The Balaban J connectivity index is 1.38. The maximum Gasteiger partial charge on any atom is 0.123 e. The van der Waals surface area contributed by atoms with Crippen LogP contribution in [-0.2, 0) is 13.0 Å². The van der Waals surface area contributed by atoms with Crippen LogP contribution < -0.4 is 0 Å². The van der Waals surface area contributed by atoms with E-state index in [-0.39, 0.29) is 11.2 Å². The molecule has 0 amide bonds. The Bertz CT molecular complexity index is 1160. The Kier molecular flexibility index (Phi) is 5.94. The van der Waals surface area contributed by atoms with Crippen LogP contribution in [0, 0.1) is 11.2 Å². The van der Waals surface area contributed by atoms with Gasteiger partial charge in [-0.25, -0.2) is 9.07 Å². The highest BCUT2D eigenvalue weighted by Crippen LogP contribution is 2.45. The Morgan fingerprint density at radius 3 is 2.58 bits per heavy atom. The van der Waals surface area contributed by atoms with Gasteiger partial charge in [0, 0.05) is 6.54 Å². The molecule has 5 heteroatoms. The van der Waals surface area contributed by atoms with E-state index in [1.807, 2.05) is 16.9 Å². The fourth-order valence-corrected chi connectivity index (χ4v) is 5.36. The molecule has 1 N–H and O–H groups in total. The molecule has 3 aromatic rings. The minimum absolute atomic E-state index is 0.163. The van der Waals surface area contributed by atoms with Gasteiger partial charge in [0.05, 0.1) is 23.7 Å². The SMILES string of the molecule is CC1=Cc2c(cnn2-c2ccc(F)cc2)C[C@@]1(C)CC(O)c1ccccc1CN1CCCC1. The second-order valence-corrected chi connectivity index (χ2v) is 9.91.